The first-order chi connectivity index (χ1) is 11.8. The van der Waals surface area contributed by atoms with Crippen LogP contribution in [0.4, 0.5) is 11.5 Å². The second-order valence-electron chi connectivity index (χ2n) is 6.03. The summed E-state index contributed by atoms with van der Waals surface area (Å²) in [5.74, 6) is 1.93. The molecule has 3 heterocycles. The zero-order valence-electron chi connectivity index (χ0n) is 14.0. The van der Waals surface area contributed by atoms with Gasteiger partial charge in [0.25, 0.3) is 0 Å². The van der Waals surface area contributed by atoms with Crippen LogP contribution in [-0.4, -0.2) is 47.8 Å². The SMILES string of the molecule is COc1ccc(N2CCN(c3ncnc4c3ccn4C)CC2)cc1. The summed E-state index contributed by atoms with van der Waals surface area (Å²) < 4.78 is 7.27. The normalized spacial score (nSPS) is 15.1. The van der Waals surface area contributed by atoms with Crippen LogP contribution in [0.5, 0.6) is 5.75 Å². The van der Waals surface area contributed by atoms with Crippen molar-refractivity contribution in [2.45, 2.75) is 0 Å². The van der Waals surface area contributed by atoms with Gasteiger partial charge in [-0.15, -0.1) is 0 Å². The van der Waals surface area contributed by atoms with Crippen LogP contribution in [0.2, 0.25) is 0 Å². The molecule has 6 heteroatoms. The molecule has 0 spiro atoms. The average Bonchev–Trinajstić information content (AvgIpc) is 3.03. The number of hydrogen-bond acceptors (Lipinski definition) is 5. The molecule has 1 saturated heterocycles. The van der Waals surface area contributed by atoms with Crippen molar-refractivity contribution in [2.24, 2.45) is 7.05 Å². The Morgan fingerprint density at radius 2 is 1.62 bits per heavy atom. The van der Waals surface area contributed by atoms with Crippen molar-refractivity contribution < 1.29 is 4.74 Å². The maximum absolute atomic E-state index is 5.23. The lowest BCUT2D eigenvalue weighted by Crippen LogP contribution is -2.46. The van der Waals surface area contributed by atoms with Gasteiger partial charge in [0.05, 0.1) is 12.5 Å². The standard InChI is InChI=1S/C18H21N5O/c1-21-8-7-16-17(21)19-13-20-18(16)23-11-9-22(10-12-23)14-3-5-15(24-2)6-4-14/h3-8,13H,9-12H2,1-2H3. The number of benzene rings is 1. The Kier molecular flexibility index (Phi) is 3.72. The van der Waals surface area contributed by atoms with Crippen LogP contribution in [0.15, 0.2) is 42.9 Å². The van der Waals surface area contributed by atoms with Crippen LogP contribution in [0.3, 0.4) is 0 Å². The molecule has 0 radical (unpaired) electrons. The minimum absolute atomic E-state index is 0.893. The Labute approximate surface area is 141 Å². The fourth-order valence-electron chi connectivity index (χ4n) is 3.29. The second-order valence-corrected chi connectivity index (χ2v) is 6.03. The van der Waals surface area contributed by atoms with E-state index in [1.165, 1.54) is 5.69 Å². The Bertz CT molecular complexity index is 834. The zero-order chi connectivity index (χ0) is 16.5. The van der Waals surface area contributed by atoms with Gasteiger partial charge in [-0.2, -0.15) is 0 Å². The lowest BCUT2D eigenvalue weighted by molar-refractivity contribution is 0.415. The van der Waals surface area contributed by atoms with E-state index >= 15 is 0 Å². The summed E-state index contributed by atoms with van der Waals surface area (Å²) in [5.41, 5.74) is 2.22. The van der Waals surface area contributed by atoms with Gasteiger partial charge in [-0.1, -0.05) is 0 Å². The van der Waals surface area contributed by atoms with Crippen LogP contribution in [0, 0.1) is 0 Å². The Hall–Kier alpha value is -2.76. The van der Waals surface area contributed by atoms with Gasteiger partial charge in [0.15, 0.2) is 0 Å². The molecular formula is C18H21N5O. The van der Waals surface area contributed by atoms with Crippen molar-refractivity contribution >= 4 is 22.5 Å². The van der Waals surface area contributed by atoms with Gasteiger partial charge in [0.2, 0.25) is 0 Å². The molecule has 0 aliphatic carbocycles. The molecule has 1 aliphatic heterocycles. The highest BCUT2D eigenvalue weighted by Crippen LogP contribution is 2.26. The molecule has 6 nitrogen and oxygen atoms in total. The van der Waals surface area contributed by atoms with E-state index in [2.05, 4.69) is 38.0 Å². The fraction of sp³-hybridized carbons (Fsp3) is 0.333. The molecule has 0 saturated carbocycles. The first-order valence-electron chi connectivity index (χ1n) is 8.16. The van der Waals surface area contributed by atoms with Crippen molar-refractivity contribution in [2.75, 3.05) is 43.1 Å². The lowest BCUT2D eigenvalue weighted by atomic mass is 10.2. The molecule has 0 atom stereocenters. The smallest absolute Gasteiger partial charge is 0.145 e. The third-order valence-corrected chi connectivity index (χ3v) is 4.66. The third-order valence-electron chi connectivity index (χ3n) is 4.66. The Balaban J connectivity index is 1.51. The van der Waals surface area contributed by atoms with Gasteiger partial charge < -0.3 is 19.1 Å². The van der Waals surface area contributed by atoms with Gasteiger partial charge >= 0.3 is 0 Å². The van der Waals surface area contributed by atoms with Gasteiger partial charge in [-0.25, -0.2) is 9.97 Å². The largest absolute Gasteiger partial charge is 0.497 e. The molecule has 0 bridgehead atoms. The zero-order valence-corrected chi connectivity index (χ0v) is 14.0. The van der Waals surface area contributed by atoms with Crippen molar-refractivity contribution in [3.05, 3.63) is 42.9 Å². The summed E-state index contributed by atoms with van der Waals surface area (Å²) in [7, 11) is 3.71. The summed E-state index contributed by atoms with van der Waals surface area (Å²) in [6.45, 7) is 3.86. The number of nitrogens with zero attached hydrogens (tertiary/aromatic N) is 5. The van der Waals surface area contributed by atoms with E-state index in [4.69, 9.17) is 4.74 Å². The quantitative estimate of drug-likeness (QED) is 0.740. The number of methoxy groups -OCH3 is 1. The van der Waals surface area contributed by atoms with Crippen LogP contribution in [0.25, 0.3) is 11.0 Å². The molecule has 0 unspecified atom stereocenters. The van der Waals surface area contributed by atoms with Crippen LogP contribution < -0.4 is 14.5 Å². The average molecular weight is 323 g/mol. The van der Waals surface area contributed by atoms with Gasteiger partial charge in [0, 0.05) is 45.1 Å². The molecule has 1 aromatic carbocycles. The monoisotopic (exact) mass is 323 g/mol. The number of fused-ring (bicyclic) bond motifs is 1. The molecular weight excluding hydrogens is 302 g/mol. The number of piperazine rings is 1. The minimum Gasteiger partial charge on any atom is -0.497 e. The first kappa shape index (κ1) is 14.8. The molecule has 24 heavy (non-hydrogen) atoms. The molecule has 1 fully saturated rings. The number of hydrogen-bond donors (Lipinski definition) is 0. The van der Waals surface area contributed by atoms with Crippen LogP contribution in [-0.2, 0) is 7.05 Å². The molecule has 4 rings (SSSR count). The summed E-state index contributed by atoms with van der Waals surface area (Å²) in [6.07, 6.45) is 3.70. The van der Waals surface area contributed by atoms with E-state index in [9.17, 15) is 0 Å². The molecule has 3 aromatic rings. The van der Waals surface area contributed by atoms with E-state index < -0.39 is 0 Å². The topological polar surface area (TPSA) is 46.4 Å². The number of rotatable bonds is 3. The highest BCUT2D eigenvalue weighted by molar-refractivity contribution is 5.87. The van der Waals surface area contributed by atoms with E-state index in [0.717, 1.165) is 48.8 Å². The van der Waals surface area contributed by atoms with Crippen LogP contribution in [0.1, 0.15) is 0 Å². The minimum atomic E-state index is 0.893. The highest BCUT2D eigenvalue weighted by Gasteiger charge is 2.20. The van der Waals surface area contributed by atoms with Crippen molar-refractivity contribution in [3.63, 3.8) is 0 Å². The van der Waals surface area contributed by atoms with Gasteiger partial charge in [-0.3, -0.25) is 0 Å². The summed E-state index contributed by atoms with van der Waals surface area (Å²) in [5, 5.41) is 1.12. The molecule has 0 amide bonds. The summed E-state index contributed by atoms with van der Waals surface area (Å²) >= 11 is 0. The van der Waals surface area contributed by atoms with E-state index in [1.54, 1.807) is 13.4 Å². The third kappa shape index (κ3) is 2.54. The Morgan fingerprint density at radius 3 is 2.33 bits per heavy atom. The molecule has 2 aromatic heterocycles. The number of aryl methyl sites for hydroxylation is 1. The van der Waals surface area contributed by atoms with E-state index in [1.807, 2.05) is 29.9 Å². The maximum atomic E-state index is 5.23. The highest BCUT2D eigenvalue weighted by atomic mass is 16.5. The summed E-state index contributed by atoms with van der Waals surface area (Å²) in [6, 6.07) is 10.4. The lowest BCUT2D eigenvalue weighted by Gasteiger charge is -2.37. The maximum Gasteiger partial charge on any atom is 0.145 e. The fourth-order valence-corrected chi connectivity index (χ4v) is 3.29. The number of aromatic nitrogens is 3. The molecule has 124 valence electrons. The predicted molar refractivity (Wildman–Crippen MR) is 95.9 cm³/mol. The van der Waals surface area contributed by atoms with Gasteiger partial charge in [-0.05, 0) is 30.3 Å². The second kappa shape index (κ2) is 6.03. The molecule has 1 aliphatic rings. The van der Waals surface area contributed by atoms with Crippen molar-refractivity contribution in [1.29, 1.82) is 0 Å². The van der Waals surface area contributed by atoms with Gasteiger partial charge in [0.1, 0.15) is 23.5 Å². The first-order valence-corrected chi connectivity index (χ1v) is 8.16. The number of ether oxygens (including phenoxy) is 1. The van der Waals surface area contributed by atoms with E-state index in [0.29, 0.717) is 0 Å². The Morgan fingerprint density at radius 1 is 0.917 bits per heavy atom. The molecule has 0 N–H and O–H groups in total. The summed E-state index contributed by atoms with van der Waals surface area (Å²) in [4.78, 5) is 13.7. The predicted octanol–water partition coefficient (Wildman–Crippen LogP) is 2.30. The van der Waals surface area contributed by atoms with E-state index in [-0.39, 0.29) is 0 Å². The van der Waals surface area contributed by atoms with Crippen LogP contribution >= 0.6 is 0 Å². The number of anilines is 2. The van der Waals surface area contributed by atoms with Crippen molar-refractivity contribution in [3.8, 4) is 5.75 Å². The van der Waals surface area contributed by atoms with Crippen molar-refractivity contribution in [1.82, 2.24) is 14.5 Å².